The lowest BCUT2D eigenvalue weighted by molar-refractivity contribution is -0.127. The molecule has 1 saturated carbocycles. The molecular formula is C15H18N2O. The number of hydrogen-bond donors (Lipinski definition) is 2. The van der Waals surface area contributed by atoms with Crippen molar-refractivity contribution in [2.75, 3.05) is 6.54 Å². The number of nitrogens with one attached hydrogen (secondary N) is 1. The molecule has 0 aromatic heterocycles. The van der Waals surface area contributed by atoms with Crippen molar-refractivity contribution >= 4 is 5.91 Å². The van der Waals surface area contributed by atoms with Gasteiger partial charge in [-0.05, 0) is 30.5 Å². The summed E-state index contributed by atoms with van der Waals surface area (Å²) in [6.07, 6.45) is 3.27. The Bertz CT molecular complexity index is 464. The van der Waals surface area contributed by atoms with Crippen LogP contribution in [-0.4, -0.2) is 12.5 Å². The molecule has 3 nitrogen and oxygen atoms in total. The fourth-order valence-corrected chi connectivity index (χ4v) is 1.86. The number of amides is 1. The third-order valence-corrected chi connectivity index (χ3v) is 3.23. The van der Waals surface area contributed by atoms with Gasteiger partial charge in [-0.1, -0.05) is 30.4 Å². The van der Waals surface area contributed by atoms with Crippen LogP contribution in [0.2, 0.25) is 0 Å². The van der Waals surface area contributed by atoms with Crippen molar-refractivity contribution in [3.8, 4) is 11.8 Å². The summed E-state index contributed by atoms with van der Waals surface area (Å²) in [7, 11) is 0. The van der Waals surface area contributed by atoms with Gasteiger partial charge in [0.25, 0.3) is 0 Å². The third kappa shape index (κ3) is 3.35. The van der Waals surface area contributed by atoms with Gasteiger partial charge in [-0.3, -0.25) is 4.79 Å². The lowest BCUT2D eigenvalue weighted by Crippen LogP contribution is -2.33. The van der Waals surface area contributed by atoms with Crippen LogP contribution in [0, 0.1) is 17.8 Å². The molecule has 0 atom stereocenters. The lowest BCUT2D eigenvalue weighted by Gasteiger charge is -2.24. The van der Waals surface area contributed by atoms with Gasteiger partial charge in [-0.15, -0.1) is 0 Å². The summed E-state index contributed by atoms with van der Waals surface area (Å²) < 4.78 is 0. The second-order valence-electron chi connectivity index (χ2n) is 4.55. The Morgan fingerprint density at radius 1 is 1.33 bits per heavy atom. The SMILES string of the molecule is NCC#Cc1ccc(CNC(=O)C2CCC2)cc1. The zero-order chi connectivity index (χ0) is 12.8. The maximum Gasteiger partial charge on any atom is 0.223 e. The molecule has 0 spiro atoms. The Labute approximate surface area is 108 Å². The average molecular weight is 242 g/mol. The zero-order valence-electron chi connectivity index (χ0n) is 10.4. The molecule has 0 bridgehead atoms. The highest BCUT2D eigenvalue weighted by Gasteiger charge is 2.24. The second-order valence-corrected chi connectivity index (χ2v) is 4.55. The van der Waals surface area contributed by atoms with Gasteiger partial charge in [0.1, 0.15) is 0 Å². The molecule has 1 fully saturated rings. The molecule has 0 aliphatic heterocycles. The fraction of sp³-hybridized carbons (Fsp3) is 0.400. The molecule has 1 aromatic carbocycles. The van der Waals surface area contributed by atoms with Gasteiger partial charge in [0.2, 0.25) is 5.91 Å². The van der Waals surface area contributed by atoms with Gasteiger partial charge in [0, 0.05) is 18.0 Å². The molecule has 0 saturated heterocycles. The monoisotopic (exact) mass is 242 g/mol. The molecule has 18 heavy (non-hydrogen) atoms. The van der Waals surface area contributed by atoms with Gasteiger partial charge < -0.3 is 11.1 Å². The van der Waals surface area contributed by atoms with E-state index in [-0.39, 0.29) is 11.8 Å². The zero-order valence-corrected chi connectivity index (χ0v) is 10.4. The van der Waals surface area contributed by atoms with Crippen LogP contribution in [0.15, 0.2) is 24.3 Å². The number of nitrogens with two attached hydrogens (primary N) is 1. The van der Waals surface area contributed by atoms with E-state index in [0.717, 1.165) is 24.0 Å². The molecule has 1 amide bonds. The van der Waals surface area contributed by atoms with Crippen molar-refractivity contribution < 1.29 is 4.79 Å². The molecule has 3 N–H and O–H groups in total. The van der Waals surface area contributed by atoms with Crippen LogP contribution in [0.1, 0.15) is 30.4 Å². The van der Waals surface area contributed by atoms with E-state index in [2.05, 4.69) is 17.2 Å². The highest BCUT2D eigenvalue weighted by molar-refractivity contribution is 5.79. The maximum absolute atomic E-state index is 11.7. The number of benzene rings is 1. The van der Waals surface area contributed by atoms with E-state index in [9.17, 15) is 4.79 Å². The van der Waals surface area contributed by atoms with Crippen molar-refractivity contribution in [3.05, 3.63) is 35.4 Å². The van der Waals surface area contributed by atoms with Gasteiger partial charge in [0.05, 0.1) is 6.54 Å². The summed E-state index contributed by atoms with van der Waals surface area (Å²) in [6, 6.07) is 7.88. The second kappa shape index (κ2) is 6.23. The van der Waals surface area contributed by atoms with Crippen LogP contribution in [0.4, 0.5) is 0 Å². The highest BCUT2D eigenvalue weighted by atomic mass is 16.1. The minimum absolute atomic E-state index is 0.188. The Morgan fingerprint density at radius 3 is 2.61 bits per heavy atom. The van der Waals surface area contributed by atoms with Crippen LogP contribution >= 0.6 is 0 Å². The van der Waals surface area contributed by atoms with E-state index in [4.69, 9.17) is 5.73 Å². The lowest BCUT2D eigenvalue weighted by atomic mass is 9.85. The average Bonchev–Trinajstić information content (AvgIpc) is 2.33. The van der Waals surface area contributed by atoms with Crippen molar-refractivity contribution in [2.45, 2.75) is 25.8 Å². The van der Waals surface area contributed by atoms with Gasteiger partial charge in [0.15, 0.2) is 0 Å². The Morgan fingerprint density at radius 2 is 2.06 bits per heavy atom. The Kier molecular flexibility index (Phi) is 4.38. The smallest absolute Gasteiger partial charge is 0.223 e. The summed E-state index contributed by atoms with van der Waals surface area (Å²) in [5.41, 5.74) is 7.36. The molecule has 1 aliphatic carbocycles. The van der Waals surface area contributed by atoms with Crippen LogP contribution in [0.3, 0.4) is 0 Å². The van der Waals surface area contributed by atoms with Crippen molar-refractivity contribution in [3.63, 3.8) is 0 Å². The van der Waals surface area contributed by atoms with E-state index in [0.29, 0.717) is 13.1 Å². The number of rotatable bonds is 3. The topological polar surface area (TPSA) is 55.1 Å². The normalized spacial score (nSPS) is 14.3. The Hall–Kier alpha value is -1.79. The van der Waals surface area contributed by atoms with Gasteiger partial charge >= 0.3 is 0 Å². The fourth-order valence-electron chi connectivity index (χ4n) is 1.86. The maximum atomic E-state index is 11.7. The predicted molar refractivity (Wildman–Crippen MR) is 71.6 cm³/mol. The molecule has 0 unspecified atom stereocenters. The van der Waals surface area contributed by atoms with Crippen LogP contribution < -0.4 is 11.1 Å². The Balaban J connectivity index is 1.84. The number of carbonyl (C=O) groups is 1. The summed E-state index contributed by atoms with van der Waals surface area (Å²) in [6.45, 7) is 0.971. The van der Waals surface area contributed by atoms with Crippen molar-refractivity contribution in [1.29, 1.82) is 0 Å². The molecule has 2 rings (SSSR count). The number of carbonyl (C=O) groups excluding carboxylic acids is 1. The van der Waals surface area contributed by atoms with Crippen LogP contribution in [0.5, 0.6) is 0 Å². The van der Waals surface area contributed by atoms with E-state index >= 15 is 0 Å². The summed E-state index contributed by atoms with van der Waals surface area (Å²) in [4.78, 5) is 11.7. The van der Waals surface area contributed by atoms with E-state index in [1.807, 2.05) is 24.3 Å². The highest BCUT2D eigenvalue weighted by Crippen LogP contribution is 2.26. The van der Waals surface area contributed by atoms with E-state index < -0.39 is 0 Å². The molecule has 1 aliphatic rings. The van der Waals surface area contributed by atoms with E-state index in [1.165, 1.54) is 6.42 Å². The first-order valence-corrected chi connectivity index (χ1v) is 6.35. The molecule has 0 heterocycles. The minimum Gasteiger partial charge on any atom is -0.352 e. The largest absolute Gasteiger partial charge is 0.352 e. The first-order chi connectivity index (χ1) is 8.79. The number of hydrogen-bond acceptors (Lipinski definition) is 2. The standard InChI is InChI=1S/C15H18N2O/c16-10-2-3-12-6-8-13(9-7-12)11-17-15(18)14-4-1-5-14/h6-9,14H,1,4-5,10-11,16H2,(H,17,18). The summed E-state index contributed by atoms with van der Waals surface area (Å²) in [5.74, 6) is 6.22. The minimum atomic E-state index is 0.188. The van der Waals surface area contributed by atoms with E-state index in [1.54, 1.807) is 0 Å². The molecule has 1 aromatic rings. The van der Waals surface area contributed by atoms with Gasteiger partial charge in [-0.2, -0.15) is 0 Å². The first-order valence-electron chi connectivity index (χ1n) is 6.35. The molecule has 0 radical (unpaired) electrons. The van der Waals surface area contributed by atoms with Gasteiger partial charge in [-0.25, -0.2) is 0 Å². The third-order valence-electron chi connectivity index (χ3n) is 3.23. The summed E-state index contributed by atoms with van der Waals surface area (Å²) >= 11 is 0. The predicted octanol–water partition coefficient (Wildman–Crippen LogP) is 1.41. The van der Waals surface area contributed by atoms with Crippen molar-refractivity contribution in [2.24, 2.45) is 11.7 Å². The van der Waals surface area contributed by atoms with Crippen LogP contribution in [0.25, 0.3) is 0 Å². The molecular weight excluding hydrogens is 224 g/mol. The molecule has 94 valence electrons. The van der Waals surface area contributed by atoms with Crippen molar-refractivity contribution in [1.82, 2.24) is 5.32 Å². The first kappa shape index (κ1) is 12.7. The quantitative estimate of drug-likeness (QED) is 0.787. The van der Waals surface area contributed by atoms with Crippen LogP contribution in [-0.2, 0) is 11.3 Å². The molecule has 3 heteroatoms. The summed E-state index contributed by atoms with van der Waals surface area (Å²) in [5, 5.41) is 2.97.